The summed E-state index contributed by atoms with van der Waals surface area (Å²) >= 11 is 0. The number of amides is 2. The third kappa shape index (κ3) is 3.66. The van der Waals surface area contributed by atoms with Gasteiger partial charge in [-0.2, -0.15) is 4.39 Å². The molecule has 2 atom stereocenters. The number of nitrogens with one attached hydrogen (secondary N) is 1. The molecule has 9 nitrogen and oxygen atoms in total. The fourth-order valence-corrected chi connectivity index (χ4v) is 3.44. The molecule has 0 radical (unpaired) electrons. The van der Waals surface area contributed by atoms with Gasteiger partial charge in [0, 0.05) is 20.2 Å². The van der Waals surface area contributed by atoms with Crippen LogP contribution in [-0.4, -0.2) is 44.6 Å². The zero-order chi connectivity index (χ0) is 22.4. The Morgan fingerprint density at radius 2 is 2.06 bits per heavy atom. The molecule has 0 aliphatic heterocycles. The molecule has 0 saturated heterocycles. The summed E-state index contributed by atoms with van der Waals surface area (Å²) in [4.78, 5) is 37.6. The Morgan fingerprint density at radius 1 is 1.35 bits per heavy atom. The van der Waals surface area contributed by atoms with Crippen molar-refractivity contribution < 1.29 is 18.4 Å². The number of nitrogens with zero attached hydrogens (tertiary/aromatic N) is 5. The minimum atomic E-state index is -1.15. The average molecular weight is 429 g/mol. The van der Waals surface area contributed by atoms with Crippen molar-refractivity contribution in [2.75, 3.05) is 17.3 Å². The van der Waals surface area contributed by atoms with Crippen LogP contribution in [0.2, 0.25) is 0 Å². The highest BCUT2D eigenvalue weighted by molar-refractivity contribution is 6.01. The monoisotopic (exact) mass is 429 g/mol. The van der Waals surface area contributed by atoms with Gasteiger partial charge < -0.3 is 20.5 Å². The standard InChI is InChI=1S/C20H21F2N7O2/c1-4-9-5-12(18(23)30)25-17(22)16(9)29(3)14-7-13-15(24-8-28(13)2)19(26-14)27-20(31)10-6-11(10)21/h5,7-8,10-11H,4,6H2,1-3H3,(H2,23,30)(H,26,27,31)/t10-,11+/m0/s1. The zero-order valence-corrected chi connectivity index (χ0v) is 17.2. The van der Waals surface area contributed by atoms with Crippen molar-refractivity contribution in [2.24, 2.45) is 18.7 Å². The summed E-state index contributed by atoms with van der Waals surface area (Å²) in [6.45, 7) is 1.81. The highest BCUT2D eigenvalue weighted by Gasteiger charge is 2.44. The fraction of sp³-hybridized carbons (Fsp3) is 0.350. The topological polar surface area (TPSA) is 119 Å². The first-order valence-electron chi connectivity index (χ1n) is 9.71. The Labute approximate surface area is 176 Å². The van der Waals surface area contributed by atoms with Crippen molar-refractivity contribution in [1.29, 1.82) is 0 Å². The second-order valence-corrected chi connectivity index (χ2v) is 7.48. The predicted octanol–water partition coefficient (Wildman–Crippen LogP) is 2.23. The maximum Gasteiger partial charge on any atom is 0.267 e. The van der Waals surface area contributed by atoms with Gasteiger partial charge in [-0.05, 0) is 24.5 Å². The largest absolute Gasteiger partial charge is 0.364 e. The fourth-order valence-electron chi connectivity index (χ4n) is 3.44. The van der Waals surface area contributed by atoms with E-state index in [4.69, 9.17) is 5.73 Å². The SMILES string of the molecule is CCc1cc(C(N)=O)nc(F)c1N(C)c1cc2c(ncn2C)c(NC(=O)[C@H]2C[C@H]2F)n1. The van der Waals surface area contributed by atoms with E-state index < -0.39 is 29.9 Å². The van der Waals surface area contributed by atoms with E-state index in [1.54, 1.807) is 31.1 Å². The van der Waals surface area contributed by atoms with Crippen LogP contribution in [0.5, 0.6) is 0 Å². The Balaban J connectivity index is 1.80. The van der Waals surface area contributed by atoms with Gasteiger partial charge in [-0.25, -0.2) is 19.3 Å². The lowest BCUT2D eigenvalue weighted by molar-refractivity contribution is -0.117. The molecule has 0 unspecified atom stereocenters. The summed E-state index contributed by atoms with van der Waals surface area (Å²) in [7, 11) is 3.36. The first-order valence-corrected chi connectivity index (χ1v) is 9.71. The summed E-state index contributed by atoms with van der Waals surface area (Å²) in [6.07, 6.45) is 0.999. The van der Waals surface area contributed by atoms with E-state index in [2.05, 4.69) is 20.3 Å². The van der Waals surface area contributed by atoms with E-state index in [1.807, 2.05) is 6.92 Å². The van der Waals surface area contributed by atoms with Gasteiger partial charge in [0.25, 0.3) is 5.91 Å². The van der Waals surface area contributed by atoms with Gasteiger partial charge in [-0.1, -0.05) is 6.92 Å². The molecule has 31 heavy (non-hydrogen) atoms. The molecule has 3 aromatic heterocycles. The number of imidazole rings is 1. The third-order valence-corrected chi connectivity index (χ3v) is 5.33. The maximum absolute atomic E-state index is 14.9. The highest BCUT2D eigenvalue weighted by atomic mass is 19.1. The van der Waals surface area contributed by atoms with Gasteiger partial charge in [0.15, 0.2) is 5.82 Å². The van der Waals surface area contributed by atoms with E-state index in [0.717, 1.165) is 0 Å². The number of pyridine rings is 2. The van der Waals surface area contributed by atoms with E-state index in [-0.39, 0.29) is 23.6 Å². The van der Waals surface area contributed by atoms with Crippen LogP contribution in [-0.2, 0) is 18.3 Å². The van der Waals surface area contributed by atoms with Gasteiger partial charge in [-0.15, -0.1) is 0 Å². The number of hydrogen-bond donors (Lipinski definition) is 2. The third-order valence-electron chi connectivity index (χ3n) is 5.33. The molecule has 4 rings (SSSR count). The molecule has 11 heteroatoms. The lowest BCUT2D eigenvalue weighted by atomic mass is 10.1. The van der Waals surface area contributed by atoms with Crippen LogP contribution in [0, 0.1) is 11.9 Å². The number of hydrogen-bond acceptors (Lipinski definition) is 6. The number of alkyl halides is 1. The van der Waals surface area contributed by atoms with E-state index in [9.17, 15) is 18.4 Å². The Morgan fingerprint density at radius 3 is 2.68 bits per heavy atom. The molecule has 1 saturated carbocycles. The molecule has 0 bridgehead atoms. The number of carbonyl (C=O) groups excluding carboxylic acids is 2. The number of aromatic nitrogens is 4. The molecule has 2 amide bonds. The zero-order valence-electron chi connectivity index (χ0n) is 17.2. The van der Waals surface area contributed by atoms with Crippen molar-refractivity contribution in [1.82, 2.24) is 19.5 Å². The first kappa shape index (κ1) is 20.6. The number of aryl methyl sites for hydroxylation is 2. The van der Waals surface area contributed by atoms with Gasteiger partial charge in [-0.3, -0.25) is 9.59 Å². The lowest BCUT2D eigenvalue weighted by Crippen LogP contribution is -2.21. The summed E-state index contributed by atoms with van der Waals surface area (Å²) in [5.41, 5.74) is 6.79. The number of carbonyl (C=O) groups is 2. The van der Waals surface area contributed by atoms with Crippen LogP contribution in [0.25, 0.3) is 11.0 Å². The van der Waals surface area contributed by atoms with E-state index in [1.165, 1.54) is 11.0 Å². The smallest absolute Gasteiger partial charge is 0.267 e. The number of anilines is 3. The second kappa shape index (κ2) is 7.56. The van der Waals surface area contributed by atoms with Crippen molar-refractivity contribution >= 4 is 40.2 Å². The summed E-state index contributed by atoms with van der Waals surface area (Å²) < 4.78 is 29.9. The molecule has 1 aliphatic rings. The maximum atomic E-state index is 14.9. The van der Waals surface area contributed by atoms with Crippen LogP contribution < -0.4 is 16.0 Å². The number of halogens is 2. The highest BCUT2D eigenvalue weighted by Crippen LogP contribution is 2.36. The minimum Gasteiger partial charge on any atom is -0.364 e. The van der Waals surface area contributed by atoms with Gasteiger partial charge in [0.2, 0.25) is 11.9 Å². The van der Waals surface area contributed by atoms with Gasteiger partial charge >= 0.3 is 0 Å². The Bertz CT molecular complexity index is 1210. The van der Waals surface area contributed by atoms with Crippen LogP contribution in [0.4, 0.5) is 26.1 Å². The summed E-state index contributed by atoms with van der Waals surface area (Å²) in [5.74, 6) is -2.40. The number of fused-ring (bicyclic) bond motifs is 1. The number of rotatable bonds is 6. The Kier molecular flexibility index (Phi) is 5.03. The molecular formula is C20H21F2N7O2. The summed E-state index contributed by atoms with van der Waals surface area (Å²) in [6, 6.07) is 3.13. The van der Waals surface area contributed by atoms with Crippen LogP contribution in [0.3, 0.4) is 0 Å². The van der Waals surface area contributed by atoms with Crippen molar-refractivity contribution in [3.8, 4) is 0 Å². The van der Waals surface area contributed by atoms with E-state index in [0.29, 0.717) is 28.8 Å². The van der Waals surface area contributed by atoms with Crippen molar-refractivity contribution in [3.63, 3.8) is 0 Å². The van der Waals surface area contributed by atoms with Gasteiger partial charge in [0.1, 0.15) is 28.9 Å². The minimum absolute atomic E-state index is 0.129. The molecule has 162 valence electrons. The molecular weight excluding hydrogens is 408 g/mol. The molecule has 3 aromatic rings. The Hall–Kier alpha value is -3.63. The molecule has 0 aromatic carbocycles. The summed E-state index contributed by atoms with van der Waals surface area (Å²) in [5, 5.41) is 2.64. The molecule has 1 fully saturated rings. The molecule has 0 spiro atoms. The van der Waals surface area contributed by atoms with Crippen LogP contribution in [0.15, 0.2) is 18.5 Å². The molecule has 3 N–H and O–H groups in total. The quantitative estimate of drug-likeness (QED) is 0.580. The van der Waals surface area contributed by atoms with Gasteiger partial charge in [0.05, 0.1) is 17.8 Å². The molecule has 3 heterocycles. The average Bonchev–Trinajstić information content (AvgIpc) is 3.35. The predicted molar refractivity (Wildman–Crippen MR) is 110 cm³/mol. The van der Waals surface area contributed by atoms with E-state index >= 15 is 0 Å². The van der Waals surface area contributed by atoms with Crippen molar-refractivity contribution in [2.45, 2.75) is 25.9 Å². The second-order valence-electron chi connectivity index (χ2n) is 7.48. The first-order chi connectivity index (χ1) is 14.7. The number of nitrogens with two attached hydrogens (primary N) is 1. The van der Waals surface area contributed by atoms with Crippen molar-refractivity contribution in [3.05, 3.63) is 35.7 Å². The van der Waals surface area contributed by atoms with Crippen LogP contribution in [0.1, 0.15) is 29.4 Å². The number of primary amides is 1. The molecule has 1 aliphatic carbocycles. The normalized spacial score (nSPS) is 17.6. The van der Waals surface area contributed by atoms with Crippen LogP contribution >= 0.6 is 0 Å². The lowest BCUT2D eigenvalue weighted by Gasteiger charge is -2.22.